The van der Waals surface area contributed by atoms with E-state index in [9.17, 15) is 22.3 Å². The number of hydrogen-bond acceptors (Lipinski definition) is 3. The number of rotatable bonds is 5. The first kappa shape index (κ1) is 15.0. The highest BCUT2D eigenvalue weighted by Crippen LogP contribution is 2.19. The van der Waals surface area contributed by atoms with Crippen LogP contribution in [-0.2, 0) is 16.3 Å². The van der Waals surface area contributed by atoms with Crippen molar-refractivity contribution in [2.75, 3.05) is 0 Å². The van der Waals surface area contributed by atoms with Gasteiger partial charge in [-0.05, 0) is 30.0 Å². The maximum atomic E-state index is 12.3. The molecule has 1 atom stereocenters. The molecule has 102 valence electrons. The Morgan fingerprint density at radius 3 is 2.06 bits per heavy atom. The quantitative estimate of drug-likeness (QED) is 0.898. The molecule has 0 bridgehead atoms. The lowest BCUT2D eigenvalue weighted by molar-refractivity contribution is 0.125. The van der Waals surface area contributed by atoms with Crippen LogP contribution >= 0.6 is 0 Å². The molecule has 1 aromatic rings. The molecule has 3 nitrogen and oxygen atoms in total. The van der Waals surface area contributed by atoms with Crippen molar-refractivity contribution in [1.82, 2.24) is 0 Å². The molecule has 0 aromatic heterocycles. The minimum absolute atomic E-state index is 0.0782. The molecule has 1 rings (SSSR count). The molecule has 0 heterocycles. The summed E-state index contributed by atoms with van der Waals surface area (Å²) in [5, 5.41) is 9.66. The molecule has 0 aliphatic rings. The summed E-state index contributed by atoms with van der Waals surface area (Å²) in [4.78, 5) is -0.403. The monoisotopic (exact) mass is 278 g/mol. The first-order valence-electron chi connectivity index (χ1n) is 5.54. The van der Waals surface area contributed by atoms with Crippen molar-refractivity contribution in [2.24, 2.45) is 5.92 Å². The molecule has 1 aromatic carbocycles. The van der Waals surface area contributed by atoms with Gasteiger partial charge >= 0.3 is 5.76 Å². The van der Waals surface area contributed by atoms with E-state index in [0.717, 1.165) is 12.1 Å². The number of halogens is 2. The topological polar surface area (TPSA) is 54.4 Å². The van der Waals surface area contributed by atoms with Gasteiger partial charge in [-0.25, -0.2) is 8.42 Å². The summed E-state index contributed by atoms with van der Waals surface area (Å²) >= 11 is 0. The van der Waals surface area contributed by atoms with Gasteiger partial charge in [0.15, 0.2) is 0 Å². The third-order valence-electron chi connectivity index (χ3n) is 2.70. The molecule has 0 saturated heterocycles. The van der Waals surface area contributed by atoms with Crippen LogP contribution in [0.1, 0.15) is 19.4 Å². The Labute approximate surface area is 105 Å². The minimum Gasteiger partial charge on any atom is -0.393 e. The van der Waals surface area contributed by atoms with Crippen molar-refractivity contribution in [3.63, 3.8) is 0 Å². The summed E-state index contributed by atoms with van der Waals surface area (Å²) in [6.45, 7) is 3.72. The molecular weight excluding hydrogens is 262 g/mol. The molecular formula is C12H16F2O3S. The molecule has 0 radical (unpaired) electrons. The maximum absolute atomic E-state index is 12.3. The zero-order valence-electron chi connectivity index (χ0n) is 10.2. The second-order valence-corrected chi connectivity index (χ2v) is 6.38. The van der Waals surface area contributed by atoms with Gasteiger partial charge in [0.2, 0.25) is 9.84 Å². The van der Waals surface area contributed by atoms with E-state index in [1.165, 1.54) is 12.1 Å². The summed E-state index contributed by atoms with van der Waals surface area (Å²) < 4.78 is 46.9. The van der Waals surface area contributed by atoms with Gasteiger partial charge in [0, 0.05) is 0 Å². The summed E-state index contributed by atoms with van der Waals surface area (Å²) in [5.41, 5.74) is 0.712. The SMILES string of the molecule is CC(C)C(O)Cc1ccc(S(=O)(=O)C(F)F)cc1. The smallest absolute Gasteiger partial charge is 0.341 e. The van der Waals surface area contributed by atoms with Crippen LogP contribution in [0.4, 0.5) is 8.78 Å². The number of hydrogen-bond donors (Lipinski definition) is 1. The second kappa shape index (κ2) is 5.75. The lowest BCUT2D eigenvalue weighted by atomic mass is 9.99. The van der Waals surface area contributed by atoms with Crippen LogP contribution in [0.3, 0.4) is 0 Å². The highest BCUT2D eigenvalue weighted by molar-refractivity contribution is 7.91. The fourth-order valence-corrected chi connectivity index (χ4v) is 2.12. The van der Waals surface area contributed by atoms with Gasteiger partial charge in [-0.3, -0.25) is 0 Å². The Balaban J connectivity index is 2.88. The fraction of sp³-hybridized carbons (Fsp3) is 0.500. The van der Waals surface area contributed by atoms with Gasteiger partial charge in [0.1, 0.15) is 0 Å². The van der Waals surface area contributed by atoms with Crippen molar-refractivity contribution >= 4 is 9.84 Å². The van der Waals surface area contributed by atoms with Crippen molar-refractivity contribution in [3.8, 4) is 0 Å². The Morgan fingerprint density at radius 1 is 1.17 bits per heavy atom. The first-order chi connectivity index (χ1) is 8.25. The average Bonchev–Trinajstić information content (AvgIpc) is 2.29. The Kier molecular flexibility index (Phi) is 4.81. The predicted octanol–water partition coefficient (Wildman–Crippen LogP) is 2.24. The molecule has 0 fully saturated rings. The van der Waals surface area contributed by atoms with Gasteiger partial charge < -0.3 is 5.11 Å². The largest absolute Gasteiger partial charge is 0.393 e. The van der Waals surface area contributed by atoms with Crippen molar-refractivity contribution < 1.29 is 22.3 Å². The lowest BCUT2D eigenvalue weighted by Crippen LogP contribution is -2.17. The maximum Gasteiger partial charge on any atom is 0.341 e. The van der Waals surface area contributed by atoms with E-state index in [-0.39, 0.29) is 5.92 Å². The molecule has 1 N–H and O–H groups in total. The molecule has 1 unspecified atom stereocenters. The number of sulfone groups is 1. The molecule has 18 heavy (non-hydrogen) atoms. The number of aliphatic hydroxyl groups is 1. The zero-order valence-corrected chi connectivity index (χ0v) is 11.0. The summed E-state index contributed by atoms with van der Waals surface area (Å²) in [6.07, 6.45) is -0.172. The summed E-state index contributed by atoms with van der Waals surface area (Å²) in [6, 6.07) is 5.18. The van der Waals surface area contributed by atoms with E-state index in [1.54, 1.807) is 0 Å². The van der Waals surface area contributed by atoms with E-state index in [4.69, 9.17) is 0 Å². The van der Waals surface area contributed by atoms with Crippen LogP contribution in [0.5, 0.6) is 0 Å². The standard InChI is InChI=1S/C12H16F2O3S/c1-8(2)11(15)7-9-3-5-10(6-4-9)18(16,17)12(13)14/h3-6,8,11-12,15H,7H2,1-2H3. The third-order valence-corrected chi connectivity index (χ3v) is 4.10. The van der Waals surface area contributed by atoms with Crippen molar-refractivity contribution in [2.45, 2.75) is 37.0 Å². The van der Waals surface area contributed by atoms with Crippen molar-refractivity contribution in [3.05, 3.63) is 29.8 Å². The van der Waals surface area contributed by atoms with Crippen LogP contribution in [0.15, 0.2) is 29.2 Å². The molecule has 0 spiro atoms. The Bertz CT molecular complexity index is 481. The van der Waals surface area contributed by atoms with E-state index >= 15 is 0 Å². The highest BCUT2D eigenvalue weighted by atomic mass is 32.2. The molecule has 0 amide bonds. The van der Waals surface area contributed by atoms with E-state index in [2.05, 4.69) is 0 Å². The van der Waals surface area contributed by atoms with E-state index < -0.39 is 26.6 Å². The minimum atomic E-state index is -4.53. The van der Waals surface area contributed by atoms with Crippen LogP contribution in [0.25, 0.3) is 0 Å². The van der Waals surface area contributed by atoms with Gasteiger partial charge in [-0.1, -0.05) is 26.0 Å². The van der Waals surface area contributed by atoms with E-state index in [0.29, 0.717) is 12.0 Å². The second-order valence-electron chi connectivity index (χ2n) is 4.47. The normalized spacial score (nSPS) is 14.2. The third kappa shape index (κ3) is 3.49. The fourth-order valence-electron chi connectivity index (χ4n) is 1.40. The predicted molar refractivity (Wildman–Crippen MR) is 64.2 cm³/mol. The zero-order chi connectivity index (χ0) is 13.9. The summed E-state index contributed by atoms with van der Waals surface area (Å²) in [7, 11) is -4.53. The van der Waals surface area contributed by atoms with Crippen LogP contribution in [0.2, 0.25) is 0 Å². The number of benzene rings is 1. The Morgan fingerprint density at radius 2 is 1.67 bits per heavy atom. The molecule has 6 heteroatoms. The lowest BCUT2D eigenvalue weighted by Gasteiger charge is -2.14. The number of alkyl halides is 2. The molecule has 0 saturated carbocycles. The van der Waals surface area contributed by atoms with Gasteiger partial charge in [-0.2, -0.15) is 8.78 Å². The van der Waals surface area contributed by atoms with Crippen molar-refractivity contribution in [1.29, 1.82) is 0 Å². The van der Waals surface area contributed by atoms with E-state index in [1.807, 2.05) is 13.8 Å². The van der Waals surface area contributed by atoms with Gasteiger partial charge in [-0.15, -0.1) is 0 Å². The van der Waals surface area contributed by atoms with Crippen LogP contribution in [-0.4, -0.2) is 25.4 Å². The summed E-state index contributed by atoms with van der Waals surface area (Å²) in [5.74, 6) is -3.33. The average molecular weight is 278 g/mol. The van der Waals surface area contributed by atoms with Crippen LogP contribution < -0.4 is 0 Å². The molecule has 0 aliphatic heterocycles. The van der Waals surface area contributed by atoms with Crippen LogP contribution in [0, 0.1) is 5.92 Å². The first-order valence-corrected chi connectivity index (χ1v) is 7.09. The molecule has 0 aliphatic carbocycles. The highest BCUT2D eigenvalue weighted by Gasteiger charge is 2.26. The van der Waals surface area contributed by atoms with Gasteiger partial charge in [0.25, 0.3) is 0 Å². The Hall–Kier alpha value is -1.01. The van der Waals surface area contributed by atoms with Gasteiger partial charge in [0.05, 0.1) is 11.0 Å². The number of aliphatic hydroxyl groups excluding tert-OH is 1.